The summed E-state index contributed by atoms with van der Waals surface area (Å²) in [5, 5.41) is 12.5. The molecule has 1 saturated heterocycles. The first kappa shape index (κ1) is 17.5. The molecule has 1 aliphatic heterocycles. The number of furan rings is 1. The largest absolute Gasteiger partial charge is 0.479 e. The first-order valence-corrected chi connectivity index (χ1v) is 8.18. The molecule has 1 aromatic carbocycles. The van der Waals surface area contributed by atoms with Gasteiger partial charge in [-0.05, 0) is 43.2 Å². The van der Waals surface area contributed by atoms with Crippen LogP contribution in [0.5, 0.6) is 0 Å². The number of benzene rings is 1. The van der Waals surface area contributed by atoms with E-state index >= 15 is 0 Å². The van der Waals surface area contributed by atoms with Crippen LogP contribution in [0.4, 0.5) is 0 Å². The quantitative estimate of drug-likeness (QED) is 0.648. The zero-order chi connectivity index (χ0) is 18.0. The van der Waals surface area contributed by atoms with Gasteiger partial charge < -0.3 is 14.8 Å². The summed E-state index contributed by atoms with van der Waals surface area (Å²) in [6.07, 6.45) is 0.450. The van der Waals surface area contributed by atoms with Crippen molar-refractivity contribution in [3.8, 4) is 0 Å². The van der Waals surface area contributed by atoms with E-state index in [0.717, 1.165) is 11.5 Å². The van der Waals surface area contributed by atoms with Crippen molar-refractivity contribution in [3.63, 3.8) is 0 Å². The number of amides is 1. The van der Waals surface area contributed by atoms with E-state index in [1.807, 2.05) is 19.1 Å². The fraction of sp³-hybridized carbons (Fsp3) is 0.294. The highest BCUT2D eigenvalue weighted by atomic mass is 35.5. The van der Waals surface area contributed by atoms with Gasteiger partial charge >= 0.3 is 5.97 Å². The van der Waals surface area contributed by atoms with Crippen molar-refractivity contribution >= 4 is 23.5 Å². The smallest absolute Gasteiger partial charge is 0.330 e. The number of hydrogen-bond acceptors (Lipinski definition) is 5. The summed E-state index contributed by atoms with van der Waals surface area (Å²) >= 11 is 5.82. The maximum atomic E-state index is 12.4. The number of carboxylic acids is 1. The molecule has 1 aromatic heterocycles. The molecule has 7 nitrogen and oxygen atoms in total. The lowest BCUT2D eigenvalue weighted by atomic mass is 10.0. The minimum atomic E-state index is -1.14. The Morgan fingerprint density at radius 2 is 1.96 bits per heavy atom. The van der Waals surface area contributed by atoms with Gasteiger partial charge in [0, 0.05) is 5.02 Å². The summed E-state index contributed by atoms with van der Waals surface area (Å²) in [6, 6.07) is 8.18. The van der Waals surface area contributed by atoms with Crippen LogP contribution >= 0.6 is 11.6 Å². The van der Waals surface area contributed by atoms with Gasteiger partial charge in [0.2, 0.25) is 5.91 Å². The van der Waals surface area contributed by atoms with Crippen molar-refractivity contribution in [1.82, 2.24) is 16.2 Å². The average molecular weight is 364 g/mol. The Labute approximate surface area is 149 Å². The van der Waals surface area contributed by atoms with Gasteiger partial charge in [-0.1, -0.05) is 23.7 Å². The number of hydrogen-bond donors (Lipinski definition) is 4. The van der Waals surface area contributed by atoms with Gasteiger partial charge in [0.15, 0.2) is 6.04 Å². The Morgan fingerprint density at radius 1 is 1.24 bits per heavy atom. The predicted octanol–water partition coefficient (Wildman–Crippen LogP) is 2.09. The molecule has 132 valence electrons. The molecule has 2 heterocycles. The lowest BCUT2D eigenvalue weighted by Gasteiger charge is -2.17. The molecule has 4 N–H and O–H groups in total. The maximum absolute atomic E-state index is 12.4. The van der Waals surface area contributed by atoms with Gasteiger partial charge in [0.05, 0.1) is 6.04 Å². The molecule has 0 aliphatic carbocycles. The van der Waals surface area contributed by atoms with E-state index in [1.165, 1.54) is 0 Å². The molecule has 1 aliphatic rings. The third-order valence-corrected chi connectivity index (χ3v) is 4.31. The number of aliphatic carboxylic acids is 1. The molecule has 1 fully saturated rings. The van der Waals surface area contributed by atoms with Crippen molar-refractivity contribution in [2.45, 2.75) is 31.5 Å². The van der Waals surface area contributed by atoms with Crippen LogP contribution in [0.3, 0.4) is 0 Å². The number of aryl methyl sites for hydroxylation is 1. The molecule has 0 radical (unpaired) electrons. The number of nitrogens with one attached hydrogen (secondary N) is 3. The number of hydrazine groups is 1. The molecule has 25 heavy (non-hydrogen) atoms. The molecular weight excluding hydrogens is 346 g/mol. The van der Waals surface area contributed by atoms with Crippen molar-refractivity contribution in [2.24, 2.45) is 0 Å². The summed E-state index contributed by atoms with van der Waals surface area (Å²) in [5.74, 6) is -0.0216. The topological polar surface area (TPSA) is 104 Å². The lowest BCUT2D eigenvalue weighted by Crippen LogP contribution is -2.46. The number of carbonyl (C=O) groups is 2. The van der Waals surface area contributed by atoms with Crippen LogP contribution in [-0.4, -0.2) is 23.0 Å². The normalized spacial score (nSPS) is 21.0. The summed E-state index contributed by atoms with van der Waals surface area (Å²) in [4.78, 5) is 24.0. The molecule has 3 rings (SSSR count). The van der Waals surface area contributed by atoms with Gasteiger partial charge in [0.25, 0.3) is 0 Å². The molecule has 0 bridgehead atoms. The van der Waals surface area contributed by atoms with Crippen LogP contribution in [0, 0.1) is 6.92 Å². The molecular formula is C17H18ClN3O4. The van der Waals surface area contributed by atoms with E-state index < -0.39 is 24.0 Å². The SMILES string of the molecule is Cc1ccc(C2CC(C(=O)NC(C(=O)O)c3ccc(Cl)cc3)NN2)o1. The third-order valence-electron chi connectivity index (χ3n) is 4.06. The standard InChI is InChI=1S/C17H18ClN3O4/c1-9-2-7-14(25-9)12-8-13(21-20-12)16(22)19-15(17(23)24)10-3-5-11(18)6-4-10/h2-7,12-13,15,20-21H,8H2,1H3,(H,19,22)(H,23,24). The highest BCUT2D eigenvalue weighted by Gasteiger charge is 2.34. The van der Waals surface area contributed by atoms with E-state index in [-0.39, 0.29) is 6.04 Å². The zero-order valence-electron chi connectivity index (χ0n) is 13.5. The molecule has 1 amide bonds. The Hall–Kier alpha value is -2.35. The van der Waals surface area contributed by atoms with Crippen LogP contribution in [0.25, 0.3) is 0 Å². The predicted molar refractivity (Wildman–Crippen MR) is 90.8 cm³/mol. The number of rotatable bonds is 5. The van der Waals surface area contributed by atoms with Crippen molar-refractivity contribution in [2.75, 3.05) is 0 Å². The Kier molecular flexibility index (Phi) is 5.08. The lowest BCUT2D eigenvalue weighted by molar-refractivity contribution is -0.142. The minimum Gasteiger partial charge on any atom is -0.479 e. The zero-order valence-corrected chi connectivity index (χ0v) is 14.2. The molecule has 3 atom stereocenters. The van der Waals surface area contributed by atoms with E-state index in [4.69, 9.17) is 16.0 Å². The van der Waals surface area contributed by atoms with Crippen molar-refractivity contribution in [1.29, 1.82) is 0 Å². The highest BCUT2D eigenvalue weighted by Crippen LogP contribution is 2.24. The summed E-state index contributed by atoms with van der Waals surface area (Å²) in [7, 11) is 0. The van der Waals surface area contributed by atoms with Crippen molar-refractivity contribution in [3.05, 3.63) is 58.5 Å². The molecule has 2 aromatic rings. The average Bonchev–Trinajstić information content (AvgIpc) is 3.22. The Balaban J connectivity index is 1.66. The molecule has 8 heteroatoms. The van der Waals surface area contributed by atoms with Gasteiger partial charge in [-0.2, -0.15) is 0 Å². The van der Waals surface area contributed by atoms with Gasteiger partial charge in [-0.3, -0.25) is 4.79 Å². The monoisotopic (exact) mass is 363 g/mol. The molecule has 0 spiro atoms. The third kappa shape index (κ3) is 4.01. The van der Waals surface area contributed by atoms with Crippen LogP contribution in [0.2, 0.25) is 5.02 Å². The van der Waals surface area contributed by atoms with Crippen LogP contribution in [0.15, 0.2) is 40.8 Å². The molecule has 0 saturated carbocycles. The number of halogens is 1. The van der Waals surface area contributed by atoms with Gasteiger partial charge in [-0.25, -0.2) is 15.6 Å². The fourth-order valence-electron chi connectivity index (χ4n) is 2.74. The van der Waals surface area contributed by atoms with Crippen LogP contribution in [0.1, 0.15) is 35.6 Å². The van der Waals surface area contributed by atoms with E-state index in [1.54, 1.807) is 24.3 Å². The Morgan fingerprint density at radius 3 is 2.56 bits per heavy atom. The second kappa shape index (κ2) is 7.26. The van der Waals surface area contributed by atoms with Crippen LogP contribution in [-0.2, 0) is 9.59 Å². The summed E-state index contributed by atoms with van der Waals surface area (Å²) in [5.41, 5.74) is 6.33. The van der Waals surface area contributed by atoms with E-state index in [0.29, 0.717) is 17.0 Å². The summed E-state index contributed by atoms with van der Waals surface area (Å²) < 4.78 is 5.55. The van der Waals surface area contributed by atoms with Gasteiger partial charge in [0.1, 0.15) is 17.6 Å². The fourth-order valence-corrected chi connectivity index (χ4v) is 2.87. The second-order valence-corrected chi connectivity index (χ2v) is 6.35. The van der Waals surface area contributed by atoms with Gasteiger partial charge in [-0.15, -0.1) is 0 Å². The summed E-state index contributed by atoms with van der Waals surface area (Å²) in [6.45, 7) is 1.85. The first-order chi connectivity index (χ1) is 11.9. The highest BCUT2D eigenvalue weighted by molar-refractivity contribution is 6.30. The molecule has 3 unspecified atom stereocenters. The number of carboxylic acid groups (broad SMARTS) is 1. The first-order valence-electron chi connectivity index (χ1n) is 7.80. The minimum absolute atomic E-state index is 0.150. The maximum Gasteiger partial charge on any atom is 0.330 e. The Bertz CT molecular complexity index is 774. The van der Waals surface area contributed by atoms with Crippen LogP contribution < -0.4 is 16.2 Å². The van der Waals surface area contributed by atoms with E-state index in [9.17, 15) is 14.7 Å². The second-order valence-electron chi connectivity index (χ2n) is 5.91. The van der Waals surface area contributed by atoms with E-state index in [2.05, 4.69) is 16.2 Å². The van der Waals surface area contributed by atoms with Crippen molar-refractivity contribution < 1.29 is 19.1 Å². The number of carbonyl (C=O) groups excluding carboxylic acids is 1.